The number of carboxylic acid groups (broad SMARTS) is 1. The Bertz CT molecular complexity index is 1010. The first kappa shape index (κ1) is 12.6. The zero-order valence-electron chi connectivity index (χ0n) is 11.4. The normalized spacial score (nSPS) is 12.7. The van der Waals surface area contributed by atoms with Crippen molar-refractivity contribution in [1.82, 2.24) is 14.4 Å². The van der Waals surface area contributed by atoms with Crippen molar-refractivity contribution in [1.29, 1.82) is 0 Å². The van der Waals surface area contributed by atoms with E-state index in [1.54, 1.807) is 10.6 Å². The molecular formula is C16H11N3O3. The van der Waals surface area contributed by atoms with Crippen molar-refractivity contribution in [2.24, 2.45) is 0 Å². The van der Waals surface area contributed by atoms with Crippen molar-refractivity contribution in [3.63, 3.8) is 0 Å². The molecule has 0 atom stereocenters. The number of nitrogens with zero attached hydrogens (tertiary/aromatic N) is 2. The topological polar surface area (TPSA) is 87.5 Å². The van der Waals surface area contributed by atoms with Gasteiger partial charge in [-0.1, -0.05) is 24.3 Å². The van der Waals surface area contributed by atoms with E-state index < -0.39 is 5.97 Å². The molecule has 108 valence electrons. The quantitative estimate of drug-likeness (QED) is 0.551. The number of carbonyl (C=O) groups is 1. The van der Waals surface area contributed by atoms with Crippen LogP contribution in [0.4, 0.5) is 0 Å². The lowest BCUT2D eigenvalue weighted by Crippen LogP contribution is -2.13. The Morgan fingerprint density at radius 1 is 1.36 bits per heavy atom. The van der Waals surface area contributed by atoms with Crippen LogP contribution in [0.1, 0.15) is 17.0 Å². The van der Waals surface area contributed by atoms with E-state index in [2.05, 4.69) is 9.97 Å². The summed E-state index contributed by atoms with van der Waals surface area (Å²) in [4.78, 5) is 29.9. The first-order valence-electron chi connectivity index (χ1n) is 6.77. The van der Waals surface area contributed by atoms with Crippen LogP contribution in [0, 0.1) is 0 Å². The second kappa shape index (κ2) is 4.42. The van der Waals surface area contributed by atoms with E-state index in [1.165, 1.54) is 6.08 Å². The Kier molecular flexibility index (Phi) is 2.53. The number of benzene rings is 1. The molecule has 1 aliphatic rings. The largest absolute Gasteiger partial charge is 0.478 e. The van der Waals surface area contributed by atoms with Gasteiger partial charge in [0.25, 0.3) is 5.56 Å². The van der Waals surface area contributed by atoms with Crippen LogP contribution in [0.3, 0.4) is 0 Å². The summed E-state index contributed by atoms with van der Waals surface area (Å²) in [5.41, 5.74) is 4.36. The van der Waals surface area contributed by atoms with Crippen LogP contribution in [-0.4, -0.2) is 25.4 Å². The molecule has 22 heavy (non-hydrogen) atoms. The van der Waals surface area contributed by atoms with Crippen molar-refractivity contribution in [3.05, 3.63) is 63.8 Å². The molecule has 6 nitrogen and oxygen atoms in total. The van der Waals surface area contributed by atoms with Gasteiger partial charge in [0.2, 0.25) is 5.65 Å². The highest BCUT2D eigenvalue weighted by molar-refractivity contribution is 5.85. The molecule has 1 aromatic carbocycles. The fourth-order valence-corrected chi connectivity index (χ4v) is 2.86. The van der Waals surface area contributed by atoms with Gasteiger partial charge in [0.1, 0.15) is 0 Å². The number of rotatable bonds is 2. The molecule has 1 aliphatic carbocycles. The Labute approximate surface area is 124 Å². The monoisotopic (exact) mass is 293 g/mol. The number of aliphatic carboxylic acids is 1. The van der Waals surface area contributed by atoms with Gasteiger partial charge in [-0.05, 0) is 11.6 Å². The number of nitrogens with one attached hydrogen (secondary N) is 1. The summed E-state index contributed by atoms with van der Waals surface area (Å²) in [6.07, 6.45) is 4.78. The van der Waals surface area contributed by atoms with Crippen molar-refractivity contribution < 1.29 is 9.90 Å². The minimum absolute atomic E-state index is 0.275. The molecule has 3 aromatic rings. The third kappa shape index (κ3) is 1.77. The van der Waals surface area contributed by atoms with E-state index >= 15 is 0 Å². The lowest BCUT2D eigenvalue weighted by atomic mass is 10.1. The minimum atomic E-state index is -1.05. The molecule has 2 N–H and O–H groups in total. The Morgan fingerprint density at radius 3 is 3.00 bits per heavy atom. The SMILES string of the molecule is O=C(O)/C=C/c1cn2c3c([nH]c(=O)c2n1)-c1ccccc1C3. The summed E-state index contributed by atoms with van der Waals surface area (Å²) in [6, 6.07) is 7.91. The molecule has 6 heteroatoms. The van der Waals surface area contributed by atoms with Crippen LogP contribution in [0.5, 0.6) is 0 Å². The first-order chi connectivity index (χ1) is 10.6. The van der Waals surface area contributed by atoms with Gasteiger partial charge in [-0.3, -0.25) is 9.20 Å². The molecule has 0 amide bonds. The highest BCUT2D eigenvalue weighted by Gasteiger charge is 2.23. The van der Waals surface area contributed by atoms with Crippen LogP contribution in [0.2, 0.25) is 0 Å². The van der Waals surface area contributed by atoms with Crippen LogP contribution in [0.25, 0.3) is 23.0 Å². The zero-order chi connectivity index (χ0) is 15.3. The van der Waals surface area contributed by atoms with Crippen LogP contribution < -0.4 is 5.56 Å². The lowest BCUT2D eigenvalue weighted by Gasteiger charge is -2.02. The summed E-state index contributed by atoms with van der Waals surface area (Å²) < 4.78 is 1.75. The molecule has 0 saturated carbocycles. The molecule has 0 aliphatic heterocycles. The number of hydrogen-bond acceptors (Lipinski definition) is 3. The number of carboxylic acids is 1. The summed E-state index contributed by atoms with van der Waals surface area (Å²) in [6.45, 7) is 0. The molecule has 2 aromatic heterocycles. The van der Waals surface area contributed by atoms with Crippen molar-refractivity contribution >= 4 is 17.7 Å². The summed E-state index contributed by atoms with van der Waals surface area (Å²) in [7, 11) is 0. The zero-order valence-corrected chi connectivity index (χ0v) is 11.4. The molecule has 2 heterocycles. The average molecular weight is 293 g/mol. The maximum Gasteiger partial charge on any atom is 0.328 e. The molecule has 0 spiro atoms. The number of hydrogen-bond donors (Lipinski definition) is 2. The van der Waals surface area contributed by atoms with Crippen LogP contribution in [-0.2, 0) is 11.2 Å². The van der Waals surface area contributed by atoms with Gasteiger partial charge in [-0.25, -0.2) is 9.78 Å². The minimum Gasteiger partial charge on any atom is -0.478 e. The van der Waals surface area contributed by atoms with Gasteiger partial charge in [0, 0.05) is 24.3 Å². The number of imidazole rings is 1. The number of H-pyrrole nitrogens is 1. The Morgan fingerprint density at radius 2 is 2.18 bits per heavy atom. The fourth-order valence-electron chi connectivity index (χ4n) is 2.86. The predicted molar refractivity (Wildman–Crippen MR) is 80.7 cm³/mol. The number of fused-ring (bicyclic) bond motifs is 5. The van der Waals surface area contributed by atoms with Gasteiger partial charge in [-0.2, -0.15) is 0 Å². The maximum atomic E-state index is 12.2. The third-order valence-electron chi connectivity index (χ3n) is 3.79. The van der Waals surface area contributed by atoms with Crippen molar-refractivity contribution in [2.45, 2.75) is 6.42 Å². The molecule has 0 radical (unpaired) electrons. The van der Waals surface area contributed by atoms with Gasteiger partial charge >= 0.3 is 5.97 Å². The maximum absolute atomic E-state index is 12.2. The summed E-state index contributed by atoms with van der Waals surface area (Å²) in [5, 5.41) is 8.69. The lowest BCUT2D eigenvalue weighted by molar-refractivity contribution is -0.131. The van der Waals surface area contributed by atoms with Gasteiger partial charge < -0.3 is 10.1 Å². The van der Waals surface area contributed by atoms with Crippen molar-refractivity contribution in [2.75, 3.05) is 0 Å². The molecule has 4 rings (SSSR count). The number of aromatic amines is 1. The van der Waals surface area contributed by atoms with E-state index in [4.69, 9.17) is 5.11 Å². The molecule has 0 fully saturated rings. The van der Waals surface area contributed by atoms with E-state index in [0.717, 1.165) is 28.6 Å². The Hall–Kier alpha value is -3.15. The second-order valence-corrected chi connectivity index (χ2v) is 5.14. The highest BCUT2D eigenvalue weighted by atomic mass is 16.4. The average Bonchev–Trinajstić information content (AvgIpc) is 3.07. The number of aromatic nitrogens is 3. The molecule has 0 bridgehead atoms. The fraction of sp³-hybridized carbons (Fsp3) is 0.0625. The van der Waals surface area contributed by atoms with Crippen LogP contribution in [0.15, 0.2) is 41.3 Å². The van der Waals surface area contributed by atoms with E-state index in [0.29, 0.717) is 12.1 Å². The standard InChI is InChI=1S/C16H11N3O3/c20-13(21)6-5-10-8-19-12-7-9-3-1-2-4-11(9)14(12)18-16(22)15(19)17-10/h1-6,8H,7H2,(H,18,22)(H,20,21)/b6-5+. The molecule has 0 saturated heterocycles. The van der Waals surface area contributed by atoms with Crippen molar-refractivity contribution in [3.8, 4) is 11.3 Å². The predicted octanol–water partition coefficient (Wildman–Crippen LogP) is 1.69. The van der Waals surface area contributed by atoms with Gasteiger partial charge in [0.05, 0.1) is 17.1 Å². The highest BCUT2D eigenvalue weighted by Crippen LogP contribution is 2.34. The Balaban J connectivity index is 1.96. The van der Waals surface area contributed by atoms with Gasteiger partial charge in [0.15, 0.2) is 0 Å². The molecule has 0 unspecified atom stereocenters. The third-order valence-corrected chi connectivity index (χ3v) is 3.79. The van der Waals surface area contributed by atoms with Crippen LogP contribution >= 0.6 is 0 Å². The van der Waals surface area contributed by atoms with E-state index in [1.807, 2.05) is 24.3 Å². The van der Waals surface area contributed by atoms with Gasteiger partial charge in [-0.15, -0.1) is 0 Å². The second-order valence-electron chi connectivity index (χ2n) is 5.14. The smallest absolute Gasteiger partial charge is 0.328 e. The molecular weight excluding hydrogens is 282 g/mol. The van der Waals surface area contributed by atoms with E-state index in [9.17, 15) is 9.59 Å². The summed E-state index contributed by atoms with van der Waals surface area (Å²) >= 11 is 0. The van der Waals surface area contributed by atoms with E-state index in [-0.39, 0.29) is 11.2 Å². The summed E-state index contributed by atoms with van der Waals surface area (Å²) in [5.74, 6) is -1.05. The first-order valence-corrected chi connectivity index (χ1v) is 6.77.